The van der Waals surface area contributed by atoms with E-state index >= 15 is 0 Å². The number of halogens is 2. The van der Waals surface area contributed by atoms with E-state index in [1.165, 1.54) is 12.1 Å². The van der Waals surface area contributed by atoms with Crippen LogP contribution in [-0.4, -0.2) is 20.9 Å². The largest absolute Gasteiger partial charge is 0.297 e. The molecule has 3 nitrogen and oxygen atoms in total. The molecule has 0 amide bonds. The second-order valence-electron chi connectivity index (χ2n) is 4.10. The first-order chi connectivity index (χ1) is 7.81. The molecule has 1 aromatic rings. The summed E-state index contributed by atoms with van der Waals surface area (Å²) in [5.74, 6) is -0.164. The van der Waals surface area contributed by atoms with Gasteiger partial charge in [0, 0.05) is 18.6 Å². The monoisotopic (exact) mass is 281 g/mol. The Bertz CT molecular complexity index is 513. The van der Waals surface area contributed by atoms with Crippen molar-refractivity contribution in [3.63, 3.8) is 0 Å². The van der Waals surface area contributed by atoms with Crippen molar-refractivity contribution in [1.82, 2.24) is 0 Å². The van der Waals surface area contributed by atoms with Gasteiger partial charge in [0.05, 0.1) is 12.5 Å². The Morgan fingerprint density at radius 1 is 1.47 bits per heavy atom. The summed E-state index contributed by atoms with van der Waals surface area (Å²) in [4.78, 5) is 0.0297. The van der Waals surface area contributed by atoms with Crippen molar-refractivity contribution in [3.8, 4) is 0 Å². The Labute approximate surface area is 99.6 Å². The summed E-state index contributed by atoms with van der Waals surface area (Å²) in [6.45, 7) is 1.53. The molecule has 1 aromatic heterocycles. The second-order valence-corrected chi connectivity index (χ2v) is 7.64. The van der Waals surface area contributed by atoms with Crippen molar-refractivity contribution in [1.29, 1.82) is 0 Å². The second kappa shape index (κ2) is 4.26. The maximum absolute atomic E-state index is 12.6. The molecule has 2 rings (SSSR count). The van der Waals surface area contributed by atoms with Gasteiger partial charge in [-0.05, 0) is 0 Å². The Morgan fingerprint density at radius 3 is 2.47 bits per heavy atom. The van der Waals surface area contributed by atoms with E-state index in [0.29, 0.717) is 0 Å². The van der Waals surface area contributed by atoms with Crippen LogP contribution in [0.5, 0.6) is 0 Å². The van der Waals surface area contributed by atoms with Crippen LogP contribution in [0.1, 0.15) is 6.42 Å². The molecular weight excluding hydrogens is 269 g/mol. The fourth-order valence-electron chi connectivity index (χ4n) is 1.34. The fourth-order valence-corrected chi connectivity index (χ4v) is 3.39. The van der Waals surface area contributed by atoms with E-state index in [4.69, 9.17) is 0 Å². The zero-order valence-electron chi connectivity index (χ0n) is 9.14. The van der Waals surface area contributed by atoms with Gasteiger partial charge in [-0.2, -0.15) is 8.42 Å². The van der Waals surface area contributed by atoms with Crippen LogP contribution in [0, 0.1) is 5.92 Å². The first-order valence-electron chi connectivity index (χ1n) is 5.04. The zero-order chi connectivity index (χ0) is 12.7. The van der Waals surface area contributed by atoms with Crippen molar-refractivity contribution in [2.24, 2.45) is 12.6 Å². The van der Waals surface area contributed by atoms with Crippen molar-refractivity contribution in [2.45, 2.75) is 17.2 Å². The lowest BCUT2D eigenvalue weighted by Crippen LogP contribution is -2.10. The molecule has 1 heterocycles. The predicted molar refractivity (Wildman–Crippen MR) is 60.7 cm³/mol. The van der Waals surface area contributed by atoms with Gasteiger partial charge in [0.15, 0.2) is 0 Å². The van der Waals surface area contributed by atoms with Crippen LogP contribution in [0.3, 0.4) is 0 Å². The van der Waals surface area contributed by atoms with Gasteiger partial charge in [0.25, 0.3) is 16.0 Å². The van der Waals surface area contributed by atoms with E-state index in [1.807, 2.05) is 6.66 Å². The molecule has 0 spiro atoms. The molecular formula is C10H12F2O3PS+. The lowest BCUT2D eigenvalue weighted by molar-refractivity contribution is 0.0866. The minimum absolute atomic E-state index is 0.0297. The number of aryl methyl sites for hydroxylation is 1. The summed E-state index contributed by atoms with van der Waals surface area (Å²) in [7, 11) is -4.30. The molecule has 0 radical (unpaired) electrons. The molecule has 7 heteroatoms. The summed E-state index contributed by atoms with van der Waals surface area (Å²) in [6, 6.07) is 2.93. The zero-order valence-corrected chi connectivity index (χ0v) is 10.8. The van der Waals surface area contributed by atoms with Crippen LogP contribution in [0.2, 0.25) is 0 Å². The molecule has 1 aliphatic carbocycles. The van der Waals surface area contributed by atoms with Gasteiger partial charge in [-0.25, -0.2) is 8.78 Å². The highest BCUT2D eigenvalue weighted by molar-refractivity contribution is 7.86. The molecule has 0 aromatic carbocycles. The molecule has 94 valence electrons. The van der Waals surface area contributed by atoms with Crippen LogP contribution in [0.25, 0.3) is 0 Å². The SMILES string of the molecule is C[p+]1ccc(S(=O)(=O)OCC2CC2(F)F)cc1. The highest BCUT2D eigenvalue weighted by atomic mass is 32.2. The third-order valence-electron chi connectivity index (χ3n) is 2.62. The molecule has 0 N–H and O–H groups in total. The molecule has 0 bridgehead atoms. The Morgan fingerprint density at radius 2 is 2.00 bits per heavy atom. The lowest BCUT2D eigenvalue weighted by Gasteiger charge is -2.03. The highest BCUT2D eigenvalue weighted by Crippen LogP contribution is 2.48. The molecule has 1 aliphatic rings. The van der Waals surface area contributed by atoms with E-state index < -0.39 is 36.1 Å². The van der Waals surface area contributed by atoms with Gasteiger partial charge in [-0.3, -0.25) is 4.18 Å². The van der Waals surface area contributed by atoms with Gasteiger partial charge < -0.3 is 0 Å². The highest BCUT2D eigenvalue weighted by Gasteiger charge is 2.57. The van der Waals surface area contributed by atoms with E-state index in [9.17, 15) is 17.2 Å². The van der Waals surface area contributed by atoms with E-state index in [0.717, 1.165) is 0 Å². The molecule has 17 heavy (non-hydrogen) atoms. The fraction of sp³-hybridized carbons (Fsp3) is 0.500. The average molecular weight is 281 g/mol. The van der Waals surface area contributed by atoms with Crippen molar-refractivity contribution in [2.75, 3.05) is 6.61 Å². The minimum Gasteiger partial charge on any atom is -0.266 e. The van der Waals surface area contributed by atoms with Gasteiger partial charge in [0.1, 0.15) is 30.7 Å². The minimum atomic E-state index is -3.89. The molecule has 1 saturated carbocycles. The third kappa shape index (κ3) is 3.00. The van der Waals surface area contributed by atoms with Crippen molar-refractivity contribution < 1.29 is 21.4 Å². The van der Waals surface area contributed by atoms with E-state index in [2.05, 4.69) is 4.18 Å². The van der Waals surface area contributed by atoms with Crippen molar-refractivity contribution in [3.05, 3.63) is 23.7 Å². The lowest BCUT2D eigenvalue weighted by atomic mass is 10.5. The van der Waals surface area contributed by atoms with Crippen LogP contribution < -0.4 is 0 Å². The topological polar surface area (TPSA) is 43.4 Å². The van der Waals surface area contributed by atoms with Crippen molar-refractivity contribution >= 4 is 17.7 Å². The van der Waals surface area contributed by atoms with Gasteiger partial charge in [-0.1, -0.05) is 0 Å². The summed E-state index contributed by atoms with van der Waals surface area (Å²) in [5.41, 5.74) is 0. The summed E-state index contributed by atoms with van der Waals surface area (Å²) < 4.78 is 53.0. The third-order valence-corrected chi connectivity index (χ3v) is 5.15. The molecule has 1 atom stereocenters. The number of alkyl halides is 2. The van der Waals surface area contributed by atoms with Gasteiger partial charge in [0.2, 0.25) is 0 Å². The first-order valence-corrected chi connectivity index (χ1v) is 8.37. The molecule has 1 unspecified atom stereocenters. The summed E-state index contributed by atoms with van der Waals surface area (Å²) >= 11 is 0. The van der Waals surface area contributed by atoms with Gasteiger partial charge in [-0.15, -0.1) is 0 Å². The molecule has 1 fully saturated rings. The normalized spacial score (nSPS) is 22.4. The number of rotatable bonds is 4. The molecule has 0 saturated heterocycles. The van der Waals surface area contributed by atoms with Crippen LogP contribution in [0.4, 0.5) is 8.78 Å². The molecule has 0 aliphatic heterocycles. The Kier molecular flexibility index (Phi) is 3.23. The Hall–Kier alpha value is -0.580. The standard InChI is InChI=1S/C10H12F2O3PS/c1-16-4-2-9(3-5-16)17(13,14)15-7-8-6-10(8,11)12/h2-5,8H,6-7H2,1H3/q+1. The number of hydrogen-bond acceptors (Lipinski definition) is 3. The van der Waals surface area contributed by atoms with Gasteiger partial charge >= 0.3 is 0 Å². The smallest absolute Gasteiger partial charge is 0.266 e. The Balaban J connectivity index is 2.02. The number of hydrogen-bond donors (Lipinski definition) is 0. The maximum atomic E-state index is 12.6. The van der Waals surface area contributed by atoms with Crippen LogP contribution >= 0.6 is 7.53 Å². The van der Waals surface area contributed by atoms with Crippen LogP contribution in [-0.2, 0) is 21.0 Å². The predicted octanol–water partition coefficient (Wildman–Crippen LogP) is 2.85. The summed E-state index contributed by atoms with van der Waals surface area (Å²) in [5, 5.41) is 0. The average Bonchev–Trinajstić information content (AvgIpc) is 2.85. The van der Waals surface area contributed by atoms with Crippen LogP contribution in [0.15, 0.2) is 28.6 Å². The maximum Gasteiger partial charge on any atom is 0.297 e. The quantitative estimate of drug-likeness (QED) is 0.797. The van der Waals surface area contributed by atoms with E-state index in [1.54, 1.807) is 11.6 Å². The first kappa shape index (κ1) is 12.9. The summed E-state index contributed by atoms with van der Waals surface area (Å²) in [6.07, 6.45) is -0.288. The van der Waals surface area contributed by atoms with E-state index in [-0.39, 0.29) is 11.3 Å².